The average Bonchev–Trinajstić information content (AvgIpc) is 3.33. The van der Waals surface area contributed by atoms with Crippen molar-refractivity contribution in [2.75, 3.05) is 45.9 Å². The summed E-state index contributed by atoms with van der Waals surface area (Å²) in [5.74, 6) is 2.41. The molecule has 1 amide bonds. The van der Waals surface area contributed by atoms with Gasteiger partial charge < -0.3 is 14.2 Å². The van der Waals surface area contributed by atoms with Gasteiger partial charge in [0.25, 0.3) is 0 Å². The molecule has 0 spiro atoms. The van der Waals surface area contributed by atoms with E-state index in [1.165, 1.54) is 0 Å². The molecule has 9 heteroatoms. The summed E-state index contributed by atoms with van der Waals surface area (Å²) in [7, 11) is 2.02. The number of hydrogen-bond donors (Lipinski definition) is 0. The number of carbonyl (C=O) groups is 1. The Morgan fingerprint density at radius 1 is 1.26 bits per heavy atom. The summed E-state index contributed by atoms with van der Waals surface area (Å²) in [6.07, 6.45) is 5.84. The second kappa shape index (κ2) is 8.18. The predicted molar refractivity (Wildman–Crippen MR) is 98.1 cm³/mol. The Balaban J connectivity index is 1.38. The van der Waals surface area contributed by atoms with Crippen molar-refractivity contribution in [1.29, 1.82) is 0 Å². The first-order valence-corrected chi connectivity index (χ1v) is 9.64. The van der Waals surface area contributed by atoms with E-state index in [1.54, 1.807) is 6.20 Å². The Hall–Kier alpha value is -2.26. The van der Waals surface area contributed by atoms with Crippen LogP contribution in [0.25, 0.3) is 0 Å². The van der Waals surface area contributed by atoms with Crippen LogP contribution in [-0.4, -0.2) is 86.2 Å². The third-order valence-corrected chi connectivity index (χ3v) is 5.45. The van der Waals surface area contributed by atoms with E-state index in [-0.39, 0.29) is 5.91 Å². The summed E-state index contributed by atoms with van der Waals surface area (Å²) in [5, 5.41) is 13.1. The van der Waals surface area contributed by atoms with Crippen molar-refractivity contribution in [3.63, 3.8) is 0 Å². The van der Waals surface area contributed by atoms with Gasteiger partial charge in [0.2, 0.25) is 5.91 Å². The number of carbonyl (C=O) groups excluding carboxylic acids is 1. The number of likely N-dealkylation sites (tertiary alicyclic amines) is 1. The van der Waals surface area contributed by atoms with Crippen LogP contribution in [-0.2, 0) is 23.1 Å². The molecular formula is C18H27N7O2. The Bertz CT molecular complexity index is 752. The molecule has 9 nitrogen and oxygen atoms in total. The lowest BCUT2D eigenvalue weighted by atomic mass is 9.97. The van der Waals surface area contributed by atoms with Gasteiger partial charge in [-0.1, -0.05) is 0 Å². The van der Waals surface area contributed by atoms with Crippen molar-refractivity contribution in [3.05, 3.63) is 30.1 Å². The fourth-order valence-electron chi connectivity index (χ4n) is 3.92. The van der Waals surface area contributed by atoms with E-state index in [4.69, 9.17) is 4.74 Å². The van der Waals surface area contributed by atoms with Crippen LogP contribution in [0.4, 0.5) is 0 Å². The molecule has 0 bridgehead atoms. The van der Waals surface area contributed by atoms with Crippen LogP contribution in [0.2, 0.25) is 0 Å². The first-order chi connectivity index (χ1) is 13.2. The summed E-state index contributed by atoms with van der Waals surface area (Å²) in [5.41, 5.74) is 0. The minimum Gasteiger partial charge on any atom is -0.378 e. The van der Waals surface area contributed by atoms with Gasteiger partial charge in [0.15, 0.2) is 5.82 Å². The lowest BCUT2D eigenvalue weighted by molar-refractivity contribution is -0.136. The lowest BCUT2D eigenvalue weighted by Gasteiger charge is -2.34. The van der Waals surface area contributed by atoms with Gasteiger partial charge in [-0.2, -0.15) is 5.10 Å². The maximum atomic E-state index is 12.5. The molecule has 2 fully saturated rings. The van der Waals surface area contributed by atoms with Gasteiger partial charge in [-0.25, -0.2) is 0 Å². The normalized spacial score (nSPS) is 21.5. The van der Waals surface area contributed by atoms with E-state index in [9.17, 15) is 4.79 Å². The molecule has 4 heterocycles. The minimum atomic E-state index is 0.205. The van der Waals surface area contributed by atoms with Gasteiger partial charge in [-0.15, -0.1) is 10.2 Å². The molecule has 0 saturated carbocycles. The number of aromatic nitrogens is 5. The number of amides is 1. The molecule has 2 aromatic rings. The van der Waals surface area contributed by atoms with Crippen LogP contribution >= 0.6 is 0 Å². The lowest BCUT2D eigenvalue weighted by Crippen LogP contribution is -2.47. The highest BCUT2D eigenvalue weighted by atomic mass is 16.5. The van der Waals surface area contributed by atoms with Crippen LogP contribution in [0.1, 0.15) is 30.4 Å². The number of ether oxygens (including phenoxy) is 1. The monoisotopic (exact) mass is 373 g/mol. The Morgan fingerprint density at radius 3 is 2.89 bits per heavy atom. The first-order valence-electron chi connectivity index (χ1n) is 9.64. The Morgan fingerprint density at radius 2 is 2.11 bits per heavy atom. The highest BCUT2D eigenvalue weighted by Gasteiger charge is 2.28. The molecule has 0 aliphatic carbocycles. The van der Waals surface area contributed by atoms with E-state index >= 15 is 0 Å². The summed E-state index contributed by atoms with van der Waals surface area (Å²) in [4.78, 5) is 16.7. The number of morpholine rings is 1. The summed E-state index contributed by atoms with van der Waals surface area (Å²) >= 11 is 0. The third kappa shape index (κ3) is 4.19. The SMILES string of the molecule is Cn1c(Cn2cccn2)nnc1C1CCCN(CC(=O)N2CCOCC2)C1. The quantitative estimate of drug-likeness (QED) is 0.739. The topological polar surface area (TPSA) is 81.3 Å². The van der Waals surface area contributed by atoms with E-state index in [0.29, 0.717) is 45.3 Å². The molecule has 0 aromatic carbocycles. The maximum Gasteiger partial charge on any atom is 0.236 e. The molecule has 1 atom stereocenters. The van der Waals surface area contributed by atoms with E-state index in [1.807, 2.05) is 28.9 Å². The molecule has 4 rings (SSSR count). The van der Waals surface area contributed by atoms with Crippen LogP contribution in [0, 0.1) is 0 Å². The van der Waals surface area contributed by atoms with Crippen molar-refractivity contribution in [3.8, 4) is 0 Å². The molecule has 146 valence electrons. The van der Waals surface area contributed by atoms with Crippen LogP contribution < -0.4 is 0 Å². The number of nitrogens with zero attached hydrogens (tertiary/aromatic N) is 7. The van der Waals surface area contributed by atoms with Crippen LogP contribution in [0.5, 0.6) is 0 Å². The van der Waals surface area contributed by atoms with Gasteiger partial charge in [0.05, 0.1) is 19.8 Å². The zero-order chi connectivity index (χ0) is 18.6. The first kappa shape index (κ1) is 18.1. The molecule has 0 radical (unpaired) electrons. The fraction of sp³-hybridized carbons (Fsp3) is 0.667. The average molecular weight is 373 g/mol. The second-order valence-electron chi connectivity index (χ2n) is 7.30. The van der Waals surface area contributed by atoms with Crippen molar-refractivity contribution in [1.82, 2.24) is 34.3 Å². The van der Waals surface area contributed by atoms with Crippen molar-refractivity contribution in [2.45, 2.75) is 25.3 Å². The predicted octanol–water partition coefficient (Wildman–Crippen LogP) is 0.0981. The van der Waals surface area contributed by atoms with Crippen molar-refractivity contribution < 1.29 is 9.53 Å². The Kier molecular flexibility index (Phi) is 5.49. The number of rotatable bonds is 5. The molecular weight excluding hydrogens is 346 g/mol. The third-order valence-electron chi connectivity index (χ3n) is 5.45. The smallest absolute Gasteiger partial charge is 0.236 e. The number of piperidine rings is 1. The maximum absolute atomic E-state index is 12.5. The molecule has 2 saturated heterocycles. The highest BCUT2D eigenvalue weighted by Crippen LogP contribution is 2.25. The van der Waals surface area contributed by atoms with Gasteiger partial charge >= 0.3 is 0 Å². The van der Waals surface area contributed by atoms with Crippen LogP contribution in [0.15, 0.2) is 18.5 Å². The molecule has 2 aliphatic rings. The molecule has 2 aromatic heterocycles. The van der Waals surface area contributed by atoms with Gasteiger partial charge in [-0.05, 0) is 25.5 Å². The highest BCUT2D eigenvalue weighted by molar-refractivity contribution is 5.78. The Labute approximate surface area is 158 Å². The van der Waals surface area contributed by atoms with E-state index < -0.39 is 0 Å². The van der Waals surface area contributed by atoms with Gasteiger partial charge in [-0.3, -0.25) is 14.4 Å². The largest absolute Gasteiger partial charge is 0.378 e. The number of hydrogen-bond acceptors (Lipinski definition) is 6. The zero-order valence-electron chi connectivity index (χ0n) is 15.8. The summed E-state index contributed by atoms with van der Waals surface area (Å²) in [6.45, 7) is 5.61. The molecule has 27 heavy (non-hydrogen) atoms. The second-order valence-corrected chi connectivity index (χ2v) is 7.30. The standard InChI is InChI=1S/C18H27N7O2/c1-22-16(13-25-7-3-5-19-25)20-21-18(22)15-4-2-6-23(12-15)14-17(26)24-8-10-27-11-9-24/h3,5,7,15H,2,4,6,8-14H2,1H3. The van der Waals surface area contributed by atoms with Gasteiger partial charge in [0.1, 0.15) is 12.4 Å². The molecule has 0 N–H and O–H groups in total. The van der Waals surface area contributed by atoms with E-state index in [0.717, 1.165) is 37.6 Å². The van der Waals surface area contributed by atoms with Gasteiger partial charge in [0, 0.05) is 45.0 Å². The minimum absolute atomic E-state index is 0.205. The van der Waals surface area contributed by atoms with E-state index in [2.05, 4.69) is 24.8 Å². The zero-order valence-corrected chi connectivity index (χ0v) is 15.8. The summed E-state index contributed by atoms with van der Waals surface area (Å²) < 4.78 is 9.27. The fourth-order valence-corrected chi connectivity index (χ4v) is 3.92. The molecule has 1 unspecified atom stereocenters. The molecule has 2 aliphatic heterocycles. The van der Waals surface area contributed by atoms with Crippen molar-refractivity contribution >= 4 is 5.91 Å². The van der Waals surface area contributed by atoms with Crippen molar-refractivity contribution in [2.24, 2.45) is 7.05 Å². The van der Waals surface area contributed by atoms with Crippen LogP contribution in [0.3, 0.4) is 0 Å². The summed E-state index contributed by atoms with van der Waals surface area (Å²) in [6, 6.07) is 1.90.